The van der Waals surface area contributed by atoms with Crippen LogP contribution in [0.3, 0.4) is 0 Å². The van der Waals surface area contributed by atoms with E-state index < -0.39 is 0 Å². The largest absolute Gasteiger partial charge is 0.398 e. The molecule has 0 unspecified atom stereocenters. The van der Waals surface area contributed by atoms with E-state index in [-0.39, 0.29) is 0 Å². The molecule has 1 aromatic rings. The lowest BCUT2D eigenvalue weighted by atomic mass is 10.1. The first-order valence-corrected chi connectivity index (χ1v) is 3.74. The van der Waals surface area contributed by atoms with E-state index in [9.17, 15) is 0 Å². The maximum absolute atomic E-state index is 5.65. The van der Waals surface area contributed by atoms with Crippen LogP contribution in [-0.4, -0.2) is 11.4 Å². The van der Waals surface area contributed by atoms with Gasteiger partial charge >= 0.3 is 0 Å². The average Bonchev–Trinajstić information content (AvgIpc) is 2.04. The maximum atomic E-state index is 5.65. The number of rotatable bonds is 2. The molecule has 0 heterocycles. The number of hydrogen-bond donors (Lipinski definition) is 2. The van der Waals surface area contributed by atoms with E-state index in [1.165, 1.54) is 0 Å². The molecule has 1 rings (SSSR count). The van der Waals surface area contributed by atoms with Crippen LogP contribution in [-0.2, 0) is 0 Å². The summed E-state index contributed by atoms with van der Waals surface area (Å²) in [6.07, 6.45) is 0. The van der Waals surface area contributed by atoms with Gasteiger partial charge in [-0.15, -0.1) is 0 Å². The van der Waals surface area contributed by atoms with Gasteiger partial charge in [0, 0.05) is 22.7 Å². The lowest BCUT2D eigenvalue weighted by molar-refractivity contribution is 1.33. The van der Waals surface area contributed by atoms with Gasteiger partial charge in [-0.25, -0.2) is 0 Å². The molecule has 0 aliphatic carbocycles. The monoisotopic (exact) mass is 166 g/mol. The van der Waals surface area contributed by atoms with Gasteiger partial charge in [0.2, 0.25) is 0 Å². The quantitative estimate of drug-likeness (QED) is 0.390. The van der Waals surface area contributed by atoms with Crippen LogP contribution in [0.1, 0.15) is 5.56 Å². The normalized spacial score (nSPS) is 9.55. The van der Waals surface area contributed by atoms with Gasteiger partial charge in [-0.3, -0.25) is 0 Å². The smallest absolute Gasteiger partial charge is 0.0399 e. The van der Waals surface area contributed by atoms with Crippen molar-refractivity contribution in [3.05, 3.63) is 29.8 Å². The van der Waals surface area contributed by atoms with Gasteiger partial charge in [0.15, 0.2) is 0 Å². The van der Waals surface area contributed by atoms with Crippen LogP contribution in [0, 0.1) is 0 Å². The summed E-state index contributed by atoms with van der Waals surface area (Å²) < 4.78 is 0. The zero-order valence-corrected chi connectivity index (χ0v) is 6.90. The highest BCUT2D eigenvalue weighted by Crippen LogP contribution is 2.10. The molecule has 0 bridgehead atoms. The van der Waals surface area contributed by atoms with Crippen LogP contribution in [0.15, 0.2) is 24.3 Å². The minimum absolute atomic E-state index is 0.379. The molecule has 0 saturated heterocycles. The number of nitrogen functional groups attached to an aromatic ring is 1. The maximum Gasteiger partial charge on any atom is 0.0399 e. The standard InChI is InChI=1S/C8H10N2S/c9-5-8(11)6-3-1-2-4-7(6)10/h1-4H,5,9-10H2. The molecule has 0 amide bonds. The Morgan fingerprint density at radius 3 is 2.55 bits per heavy atom. The zero-order chi connectivity index (χ0) is 8.27. The molecule has 1 aromatic carbocycles. The fraction of sp³-hybridized carbons (Fsp3) is 0.125. The van der Waals surface area contributed by atoms with Crippen LogP contribution in [0.25, 0.3) is 0 Å². The minimum atomic E-state index is 0.379. The average molecular weight is 166 g/mol. The predicted molar refractivity (Wildman–Crippen MR) is 51.6 cm³/mol. The molecule has 0 saturated carbocycles. The highest BCUT2D eigenvalue weighted by Gasteiger charge is 2.00. The molecule has 2 nitrogen and oxygen atoms in total. The zero-order valence-electron chi connectivity index (χ0n) is 6.08. The highest BCUT2D eigenvalue weighted by atomic mass is 32.1. The Hall–Kier alpha value is -0.930. The van der Waals surface area contributed by atoms with Crippen molar-refractivity contribution in [2.24, 2.45) is 5.73 Å². The van der Waals surface area contributed by atoms with Crippen LogP contribution < -0.4 is 11.5 Å². The van der Waals surface area contributed by atoms with Gasteiger partial charge in [-0.05, 0) is 6.07 Å². The third-order valence-electron chi connectivity index (χ3n) is 1.45. The van der Waals surface area contributed by atoms with Crippen LogP contribution in [0.4, 0.5) is 5.69 Å². The fourth-order valence-electron chi connectivity index (χ4n) is 0.861. The van der Waals surface area contributed by atoms with E-state index in [2.05, 4.69) is 0 Å². The summed E-state index contributed by atoms with van der Waals surface area (Å²) in [7, 11) is 0. The Labute approximate surface area is 71.2 Å². The van der Waals surface area contributed by atoms with Crippen LogP contribution in [0.2, 0.25) is 0 Å². The summed E-state index contributed by atoms with van der Waals surface area (Å²) in [5, 5.41) is 0. The topological polar surface area (TPSA) is 52.0 Å². The van der Waals surface area contributed by atoms with Crippen molar-refractivity contribution in [3.8, 4) is 0 Å². The number of hydrogen-bond acceptors (Lipinski definition) is 3. The van der Waals surface area contributed by atoms with Crippen LogP contribution >= 0.6 is 12.2 Å². The molecule has 0 aliphatic heterocycles. The summed E-state index contributed by atoms with van der Waals surface area (Å²) >= 11 is 5.00. The second-order valence-electron chi connectivity index (χ2n) is 2.21. The first-order chi connectivity index (χ1) is 5.25. The molecule has 3 heteroatoms. The molecule has 0 spiro atoms. The lowest BCUT2D eigenvalue weighted by Crippen LogP contribution is -2.13. The third kappa shape index (κ3) is 1.76. The molecule has 11 heavy (non-hydrogen) atoms. The molecule has 0 aromatic heterocycles. The Kier molecular flexibility index (Phi) is 2.57. The van der Waals surface area contributed by atoms with Crippen LogP contribution in [0.5, 0.6) is 0 Å². The minimum Gasteiger partial charge on any atom is -0.398 e. The van der Waals surface area contributed by atoms with Gasteiger partial charge in [0.1, 0.15) is 0 Å². The highest BCUT2D eigenvalue weighted by molar-refractivity contribution is 7.81. The number of nitrogens with two attached hydrogens (primary N) is 2. The van der Waals surface area contributed by atoms with Gasteiger partial charge in [0.25, 0.3) is 0 Å². The van der Waals surface area contributed by atoms with Gasteiger partial charge in [0.05, 0.1) is 0 Å². The molecule has 0 fully saturated rings. The van der Waals surface area contributed by atoms with E-state index >= 15 is 0 Å². The van der Waals surface area contributed by atoms with E-state index in [1.54, 1.807) is 0 Å². The second-order valence-corrected chi connectivity index (χ2v) is 2.71. The first kappa shape index (κ1) is 8.17. The van der Waals surface area contributed by atoms with Crippen molar-refractivity contribution in [1.29, 1.82) is 0 Å². The number of benzene rings is 1. The number of thiocarbonyl (C=S) groups is 1. The van der Waals surface area contributed by atoms with Crippen molar-refractivity contribution in [2.45, 2.75) is 0 Å². The van der Waals surface area contributed by atoms with E-state index in [1.807, 2.05) is 24.3 Å². The van der Waals surface area contributed by atoms with E-state index in [0.717, 1.165) is 5.56 Å². The van der Waals surface area contributed by atoms with E-state index in [4.69, 9.17) is 23.7 Å². The molecule has 4 N–H and O–H groups in total. The Bertz CT molecular complexity index is 271. The summed E-state index contributed by atoms with van der Waals surface area (Å²) in [5.41, 5.74) is 12.6. The Balaban J connectivity index is 3.03. The molecule has 0 radical (unpaired) electrons. The number of anilines is 1. The molecule has 0 atom stereocenters. The van der Waals surface area contributed by atoms with Crippen molar-refractivity contribution in [1.82, 2.24) is 0 Å². The fourth-order valence-corrected chi connectivity index (χ4v) is 1.05. The summed E-state index contributed by atoms with van der Waals surface area (Å²) in [5.74, 6) is 0. The molecule has 58 valence electrons. The number of para-hydroxylation sites is 1. The molecule has 0 aliphatic rings. The first-order valence-electron chi connectivity index (χ1n) is 3.33. The second kappa shape index (κ2) is 3.46. The lowest BCUT2D eigenvalue weighted by Gasteiger charge is -2.03. The summed E-state index contributed by atoms with van der Waals surface area (Å²) in [4.78, 5) is 0.711. The van der Waals surface area contributed by atoms with Crippen molar-refractivity contribution in [3.63, 3.8) is 0 Å². The Morgan fingerprint density at radius 2 is 2.00 bits per heavy atom. The summed E-state index contributed by atoms with van der Waals surface area (Å²) in [6.45, 7) is 0.379. The van der Waals surface area contributed by atoms with Crippen molar-refractivity contribution in [2.75, 3.05) is 12.3 Å². The third-order valence-corrected chi connectivity index (χ3v) is 1.83. The van der Waals surface area contributed by atoms with Crippen molar-refractivity contribution >= 4 is 22.8 Å². The van der Waals surface area contributed by atoms with Gasteiger partial charge in [-0.1, -0.05) is 30.4 Å². The Morgan fingerprint density at radius 1 is 1.36 bits per heavy atom. The summed E-state index contributed by atoms with van der Waals surface area (Å²) in [6, 6.07) is 7.47. The molecular weight excluding hydrogens is 156 g/mol. The molecular formula is C8H10N2S. The predicted octanol–water partition coefficient (Wildman–Crippen LogP) is 0.946. The SMILES string of the molecule is NCC(=S)c1ccccc1N. The van der Waals surface area contributed by atoms with E-state index in [0.29, 0.717) is 17.1 Å². The van der Waals surface area contributed by atoms with Crippen molar-refractivity contribution < 1.29 is 0 Å². The van der Waals surface area contributed by atoms with Gasteiger partial charge < -0.3 is 11.5 Å². The van der Waals surface area contributed by atoms with Gasteiger partial charge in [-0.2, -0.15) is 0 Å².